The van der Waals surface area contributed by atoms with Crippen molar-refractivity contribution in [2.45, 2.75) is 19.1 Å². The van der Waals surface area contributed by atoms with Gasteiger partial charge < -0.3 is 15.5 Å². The topological polar surface area (TPSA) is 61.4 Å². The summed E-state index contributed by atoms with van der Waals surface area (Å²) < 4.78 is 37.4. The van der Waals surface area contributed by atoms with Crippen molar-refractivity contribution in [3.63, 3.8) is 0 Å². The maximum absolute atomic E-state index is 12.5. The lowest BCUT2D eigenvalue weighted by Gasteiger charge is -2.34. The highest BCUT2D eigenvalue weighted by Crippen LogP contribution is 2.29. The van der Waals surface area contributed by atoms with Gasteiger partial charge in [0.15, 0.2) is 0 Å². The fraction of sp³-hybridized carbons (Fsp3) is 0.467. The first kappa shape index (κ1) is 20.2. The summed E-state index contributed by atoms with van der Waals surface area (Å²) in [6.45, 7) is 3.68. The van der Waals surface area contributed by atoms with Crippen LogP contribution in [0.5, 0.6) is 0 Å². The Morgan fingerprint density at radius 2 is 1.92 bits per heavy atom. The van der Waals surface area contributed by atoms with Crippen molar-refractivity contribution in [3.8, 4) is 0 Å². The number of carbonyl (C=O) groups excluding carboxylic acids is 2. The molecule has 0 bridgehead atoms. The number of hydrogen-bond acceptors (Lipinski definition) is 3. The molecular formula is C15H19ClF3N3O2. The maximum atomic E-state index is 12.5. The third kappa shape index (κ3) is 5.10. The van der Waals surface area contributed by atoms with E-state index in [-0.39, 0.29) is 36.5 Å². The molecule has 1 fully saturated rings. The van der Waals surface area contributed by atoms with E-state index in [0.717, 1.165) is 24.3 Å². The van der Waals surface area contributed by atoms with Crippen LogP contribution in [0.2, 0.25) is 0 Å². The standard InChI is InChI=1S/C15H18F3N3O2.ClH/c1-10-8-19-6-7-21(10)13(22)9-20-14(23)11-2-4-12(5-3-11)15(16,17)18;/h2-5,10,19H,6-9H2,1H3,(H,20,23);1H/t10-;/m0./s1. The van der Waals surface area contributed by atoms with Gasteiger partial charge in [-0.1, -0.05) is 0 Å². The number of alkyl halides is 3. The van der Waals surface area contributed by atoms with E-state index in [1.54, 1.807) is 4.90 Å². The normalized spacial score (nSPS) is 17.8. The maximum Gasteiger partial charge on any atom is 0.416 e. The summed E-state index contributed by atoms with van der Waals surface area (Å²) in [7, 11) is 0. The van der Waals surface area contributed by atoms with Crippen LogP contribution in [0.25, 0.3) is 0 Å². The van der Waals surface area contributed by atoms with Crippen molar-refractivity contribution in [3.05, 3.63) is 35.4 Å². The van der Waals surface area contributed by atoms with Gasteiger partial charge in [-0.15, -0.1) is 12.4 Å². The molecule has 1 aliphatic rings. The molecule has 134 valence electrons. The molecule has 2 rings (SSSR count). The lowest BCUT2D eigenvalue weighted by molar-refractivity contribution is -0.137. The molecule has 1 heterocycles. The summed E-state index contributed by atoms with van der Waals surface area (Å²) in [5.74, 6) is -0.783. The molecule has 0 aliphatic carbocycles. The predicted octanol–water partition coefficient (Wildman–Crippen LogP) is 1.68. The summed E-state index contributed by atoms with van der Waals surface area (Å²) in [5, 5.41) is 5.60. The van der Waals surface area contributed by atoms with Gasteiger partial charge in [0, 0.05) is 31.2 Å². The Hall–Kier alpha value is -1.80. The number of rotatable bonds is 3. The molecule has 24 heavy (non-hydrogen) atoms. The number of benzene rings is 1. The van der Waals surface area contributed by atoms with E-state index in [1.165, 1.54) is 0 Å². The van der Waals surface area contributed by atoms with Crippen molar-refractivity contribution in [2.75, 3.05) is 26.2 Å². The lowest BCUT2D eigenvalue weighted by Crippen LogP contribution is -2.54. The monoisotopic (exact) mass is 365 g/mol. The van der Waals surface area contributed by atoms with Crippen LogP contribution < -0.4 is 10.6 Å². The van der Waals surface area contributed by atoms with Crippen LogP contribution in [-0.4, -0.2) is 48.9 Å². The highest BCUT2D eigenvalue weighted by molar-refractivity contribution is 5.96. The molecule has 1 aromatic carbocycles. The van der Waals surface area contributed by atoms with Crippen LogP contribution in [0.1, 0.15) is 22.8 Å². The van der Waals surface area contributed by atoms with Crippen LogP contribution in [0.4, 0.5) is 13.2 Å². The zero-order chi connectivity index (χ0) is 17.0. The average molecular weight is 366 g/mol. The average Bonchev–Trinajstić information content (AvgIpc) is 2.52. The summed E-state index contributed by atoms with van der Waals surface area (Å²) in [4.78, 5) is 25.6. The van der Waals surface area contributed by atoms with Gasteiger partial charge in [-0.05, 0) is 31.2 Å². The van der Waals surface area contributed by atoms with Crippen LogP contribution in [-0.2, 0) is 11.0 Å². The molecule has 5 nitrogen and oxygen atoms in total. The van der Waals surface area contributed by atoms with E-state index in [0.29, 0.717) is 19.6 Å². The van der Waals surface area contributed by atoms with Gasteiger partial charge in [0.25, 0.3) is 5.91 Å². The molecule has 2 amide bonds. The first-order chi connectivity index (χ1) is 10.8. The van der Waals surface area contributed by atoms with Crippen molar-refractivity contribution in [1.82, 2.24) is 15.5 Å². The molecule has 0 saturated carbocycles. The second-order valence-electron chi connectivity index (χ2n) is 5.40. The van der Waals surface area contributed by atoms with Crippen molar-refractivity contribution in [1.29, 1.82) is 0 Å². The molecular weight excluding hydrogens is 347 g/mol. The Kier molecular flexibility index (Phi) is 7.04. The minimum atomic E-state index is -4.44. The highest BCUT2D eigenvalue weighted by atomic mass is 35.5. The number of hydrogen-bond donors (Lipinski definition) is 2. The number of nitrogens with zero attached hydrogens (tertiary/aromatic N) is 1. The summed E-state index contributed by atoms with van der Waals surface area (Å²) in [5.41, 5.74) is -0.737. The third-order valence-corrected chi connectivity index (χ3v) is 3.70. The highest BCUT2D eigenvalue weighted by Gasteiger charge is 2.30. The number of carbonyl (C=O) groups is 2. The van der Waals surface area contributed by atoms with E-state index < -0.39 is 17.6 Å². The van der Waals surface area contributed by atoms with E-state index in [1.807, 2.05) is 6.92 Å². The van der Waals surface area contributed by atoms with Crippen molar-refractivity contribution in [2.24, 2.45) is 0 Å². The molecule has 2 N–H and O–H groups in total. The second kappa shape index (κ2) is 8.34. The third-order valence-electron chi connectivity index (χ3n) is 3.70. The van der Waals surface area contributed by atoms with Gasteiger partial charge in [-0.2, -0.15) is 13.2 Å². The minimum absolute atomic E-state index is 0. The molecule has 0 aromatic heterocycles. The van der Waals surface area contributed by atoms with Gasteiger partial charge in [0.05, 0.1) is 12.1 Å². The molecule has 1 aliphatic heterocycles. The zero-order valence-corrected chi connectivity index (χ0v) is 13.8. The summed E-state index contributed by atoms with van der Waals surface area (Å²) >= 11 is 0. The minimum Gasteiger partial charge on any atom is -0.343 e. The Labute approximate surface area is 144 Å². The Morgan fingerprint density at radius 3 is 2.46 bits per heavy atom. The Morgan fingerprint density at radius 1 is 1.29 bits per heavy atom. The molecule has 0 radical (unpaired) electrons. The van der Waals surface area contributed by atoms with Gasteiger partial charge in [-0.3, -0.25) is 9.59 Å². The predicted molar refractivity (Wildman–Crippen MR) is 85.1 cm³/mol. The van der Waals surface area contributed by atoms with E-state index >= 15 is 0 Å². The molecule has 0 spiro atoms. The van der Waals surface area contributed by atoms with Crippen LogP contribution in [0, 0.1) is 0 Å². The summed E-state index contributed by atoms with van der Waals surface area (Å²) in [6, 6.07) is 3.91. The number of piperazine rings is 1. The van der Waals surface area contributed by atoms with Crippen LogP contribution in [0.3, 0.4) is 0 Å². The lowest BCUT2D eigenvalue weighted by atomic mass is 10.1. The molecule has 0 unspecified atom stereocenters. The molecule has 1 aromatic rings. The second-order valence-corrected chi connectivity index (χ2v) is 5.40. The number of nitrogens with one attached hydrogen (secondary N) is 2. The Balaban J connectivity index is 0.00000288. The zero-order valence-electron chi connectivity index (χ0n) is 13.0. The first-order valence-electron chi connectivity index (χ1n) is 7.24. The van der Waals surface area contributed by atoms with Gasteiger partial charge in [0.1, 0.15) is 0 Å². The SMILES string of the molecule is C[C@H]1CNCCN1C(=O)CNC(=O)c1ccc(C(F)(F)F)cc1.Cl. The van der Waals surface area contributed by atoms with Gasteiger partial charge in [0.2, 0.25) is 5.91 Å². The van der Waals surface area contributed by atoms with E-state index in [9.17, 15) is 22.8 Å². The van der Waals surface area contributed by atoms with Crippen molar-refractivity contribution >= 4 is 24.2 Å². The molecule has 9 heteroatoms. The van der Waals surface area contributed by atoms with Crippen molar-refractivity contribution < 1.29 is 22.8 Å². The summed E-state index contributed by atoms with van der Waals surface area (Å²) in [6.07, 6.45) is -4.44. The number of halogens is 4. The van der Waals surface area contributed by atoms with E-state index in [4.69, 9.17) is 0 Å². The molecule has 1 saturated heterocycles. The molecule has 1 atom stereocenters. The largest absolute Gasteiger partial charge is 0.416 e. The quantitative estimate of drug-likeness (QED) is 0.856. The van der Waals surface area contributed by atoms with E-state index in [2.05, 4.69) is 10.6 Å². The van der Waals surface area contributed by atoms with Crippen LogP contribution >= 0.6 is 12.4 Å². The van der Waals surface area contributed by atoms with Crippen LogP contribution in [0.15, 0.2) is 24.3 Å². The fourth-order valence-corrected chi connectivity index (χ4v) is 2.38. The smallest absolute Gasteiger partial charge is 0.343 e. The van der Waals surface area contributed by atoms with Gasteiger partial charge in [-0.25, -0.2) is 0 Å². The fourth-order valence-electron chi connectivity index (χ4n) is 2.38. The van der Waals surface area contributed by atoms with Gasteiger partial charge >= 0.3 is 6.18 Å². The Bertz CT molecular complexity index is 578. The first-order valence-corrected chi connectivity index (χ1v) is 7.24. The number of amides is 2.